The van der Waals surface area contributed by atoms with Crippen molar-refractivity contribution in [2.45, 2.75) is 32.4 Å². The minimum Gasteiger partial charge on any atom is -0.478 e. The predicted octanol–water partition coefficient (Wildman–Crippen LogP) is 2.30. The van der Waals surface area contributed by atoms with Crippen LogP contribution in [-0.4, -0.2) is 41.3 Å². The Kier molecular flexibility index (Phi) is 4.42. The second-order valence-electron chi connectivity index (χ2n) is 5.09. The number of hydrogen-bond donors (Lipinski definition) is 1. The maximum atomic E-state index is 11.4. The molecule has 1 saturated heterocycles. The molecule has 1 aliphatic rings. The number of benzene rings is 1. The van der Waals surface area contributed by atoms with Crippen LogP contribution in [0.15, 0.2) is 18.2 Å². The molecule has 0 bridgehead atoms. The Labute approximate surface area is 122 Å². The predicted molar refractivity (Wildman–Crippen MR) is 76.9 cm³/mol. The molecule has 114 valence electrons. The van der Waals surface area contributed by atoms with Gasteiger partial charge in [0, 0.05) is 12.6 Å². The highest BCUT2D eigenvalue weighted by Crippen LogP contribution is 2.35. The molecule has 0 amide bonds. The van der Waals surface area contributed by atoms with Gasteiger partial charge in [-0.15, -0.1) is 0 Å². The third-order valence-corrected chi connectivity index (χ3v) is 3.67. The fourth-order valence-electron chi connectivity index (χ4n) is 2.61. The first-order chi connectivity index (χ1) is 9.95. The van der Waals surface area contributed by atoms with Crippen LogP contribution in [-0.2, 0) is 4.74 Å². The molecule has 1 aromatic carbocycles. The van der Waals surface area contributed by atoms with Crippen LogP contribution in [0.3, 0.4) is 0 Å². The van der Waals surface area contributed by atoms with Crippen molar-refractivity contribution in [3.63, 3.8) is 0 Å². The van der Waals surface area contributed by atoms with Gasteiger partial charge in [0.15, 0.2) is 0 Å². The van der Waals surface area contributed by atoms with E-state index in [9.17, 15) is 20.0 Å². The number of nitro benzene ring substituents is 1. The quantitative estimate of drug-likeness (QED) is 0.676. The van der Waals surface area contributed by atoms with E-state index >= 15 is 0 Å². The van der Waals surface area contributed by atoms with Gasteiger partial charge in [-0.05, 0) is 19.4 Å². The fraction of sp³-hybridized carbons (Fsp3) is 0.500. The summed E-state index contributed by atoms with van der Waals surface area (Å²) in [6.07, 6.45) is 0.618. The molecule has 1 aliphatic heterocycles. The lowest BCUT2D eigenvalue weighted by Gasteiger charge is -2.40. The van der Waals surface area contributed by atoms with Crippen molar-refractivity contribution in [1.29, 1.82) is 0 Å². The van der Waals surface area contributed by atoms with E-state index in [2.05, 4.69) is 0 Å². The Morgan fingerprint density at radius 3 is 2.86 bits per heavy atom. The number of anilines is 1. The molecule has 2 unspecified atom stereocenters. The van der Waals surface area contributed by atoms with Crippen LogP contribution in [0.2, 0.25) is 0 Å². The van der Waals surface area contributed by atoms with Gasteiger partial charge in [0.25, 0.3) is 5.69 Å². The van der Waals surface area contributed by atoms with Gasteiger partial charge in [0.05, 0.1) is 29.2 Å². The van der Waals surface area contributed by atoms with Gasteiger partial charge < -0.3 is 14.7 Å². The molecule has 1 heterocycles. The molecular weight excluding hydrogens is 276 g/mol. The zero-order chi connectivity index (χ0) is 15.6. The summed E-state index contributed by atoms with van der Waals surface area (Å²) >= 11 is 0. The van der Waals surface area contributed by atoms with Crippen molar-refractivity contribution in [1.82, 2.24) is 0 Å². The molecule has 1 fully saturated rings. The molecule has 2 rings (SSSR count). The van der Waals surface area contributed by atoms with E-state index in [0.717, 1.165) is 6.42 Å². The lowest BCUT2D eigenvalue weighted by atomic mass is 10.0. The lowest BCUT2D eigenvalue weighted by molar-refractivity contribution is -0.384. The second-order valence-corrected chi connectivity index (χ2v) is 5.09. The summed E-state index contributed by atoms with van der Waals surface area (Å²) in [5, 5.41) is 20.6. The van der Waals surface area contributed by atoms with Gasteiger partial charge in [-0.3, -0.25) is 10.1 Å². The second kappa shape index (κ2) is 6.09. The summed E-state index contributed by atoms with van der Waals surface area (Å²) in [7, 11) is 0. The van der Waals surface area contributed by atoms with E-state index in [-0.39, 0.29) is 29.1 Å². The molecule has 7 nitrogen and oxygen atoms in total. The molecular formula is C14H18N2O5. The zero-order valence-corrected chi connectivity index (χ0v) is 12.0. The molecule has 1 aromatic rings. The Balaban J connectivity index is 2.58. The molecule has 0 aromatic heterocycles. The third-order valence-electron chi connectivity index (χ3n) is 3.67. The number of carbonyl (C=O) groups is 1. The van der Waals surface area contributed by atoms with Crippen molar-refractivity contribution in [3.8, 4) is 0 Å². The maximum absolute atomic E-state index is 11.4. The van der Waals surface area contributed by atoms with E-state index in [1.807, 2.05) is 13.8 Å². The summed E-state index contributed by atoms with van der Waals surface area (Å²) in [5.74, 6) is -1.16. The van der Waals surface area contributed by atoms with Gasteiger partial charge in [-0.2, -0.15) is 0 Å². The number of morpholine rings is 1. The van der Waals surface area contributed by atoms with Gasteiger partial charge in [0.1, 0.15) is 5.69 Å². The van der Waals surface area contributed by atoms with Crippen molar-refractivity contribution in [3.05, 3.63) is 33.9 Å². The number of para-hydroxylation sites is 1. The van der Waals surface area contributed by atoms with Gasteiger partial charge in [-0.25, -0.2) is 4.79 Å². The average Bonchev–Trinajstić information content (AvgIpc) is 2.46. The van der Waals surface area contributed by atoms with Gasteiger partial charge >= 0.3 is 5.97 Å². The summed E-state index contributed by atoms with van der Waals surface area (Å²) in [5.41, 5.74) is -0.0452. The Morgan fingerprint density at radius 1 is 1.57 bits per heavy atom. The zero-order valence-electron chi connectivity index (χ0n) is 12.0. The number of hydrogen-bond acceptors (Lipinski definition) is 5. The summed E-state index contributed by atoms with van der Waals surface area (Å²) in [6, 6.07) is 4.07. The standard InChI is InChI=1S/C14H18N2O5/c1-3-10-8-21-9(2)7-15(10)13-11(14(17)18)5-4-6-12(13)16(19)20/h4-6,9-10H,3,7-8H2,1-2H3,(H,17,18). The number of aromatic carboxylic acids is 1. The van der Waals surface area contributed by atoms with Crippen molar-refractivity contribution in [2.24, 2.45) is 0 Å². The van der Waals surface area contributed by atoms with Crippen LogP contribution in [0.25, 0.3) is 0 Å². The van der Waals surface area contributed by atoms with Crippen molar-refractivity contribution in [2.75, 3.05) is 18.1 Å². The number of rotatable bonds is 4. The smallest absolute Gasteiger partial charge is 0.338 e. The monoisotopic (exact) mass is 294 g/mol. The summed E-state index contributed by atoms with van der Waals surface area (Å²) < 4.78 is 5.57. The molecule has 0 spiro atoms. The Bertz CT molecular complexity index is 528. The van der Waals surface area contributed by atoms with E-state index in [1.54, 1.807) is 4.90 Å². The van der Waals surface area contributed by atoms with Gasteiger partial charge in [0.2, 0.25) is 0 Å². The maximum Gasteiger partial charge on any atom is 0.338 e. The van der Waals surface area contributed by atoms with Crippen LogP contribution < -0.4 is 4.90 Å². The van der Waals surface area contributed by atoms with Gasteiger partial charge in [-0.1, -0.05) is 13.0 Å². The van der Waals surface area contributed by atoms with E-state index < -0.39 is 10.9 Å². The molecule has 0 aliphatic carbocycles. The largest absolute Gasteiger partial charge is 0.478 e. The highest BCUT2D eigenvalue weighted by atomic mass is 16.6. The molecule has 21 heavy (non-hydrogen) atoms. The third kappa shape index (κ3) is 2.97. The molecule has 2 atom stereocenters. The first kappa shape index (κ1) is 15.2. The SMILES string of the molecule is CCC1COC(C)CN1c1c(C(=O)O)cccc1[N+](=O)[O-]. The van der Waals surface area contributed by atoms with Crippen molar-refractivity contribution < 1.29 is 19.6 Å². The number of carboxylic acids is 1. The normalized spacial score (nSPS) is 22.1. The Hall–Kier alpha value is -2.15. The topological polar surface area (TPSA) is 92.9 Å². The first-order valence-electron chi connectivity index (χ1n) is 6.84. The number of nitro groups is 1. The first-order valence-corrected chi connectivity index (χ1v) is 6.84. The summed E-state index contributed by atoms with van der Waals surface area (Å²) in [4.78, 5) is 24.0. The minimum absolute atomic E-state index is 0.0447. The molecule has 7 heteroatoms. The molecule has 1 N–H and O–H groups in total. The summed E-state index contributed by atoms with van der Waals surface area (Å²) in [6.45, 7) is 4.69. The minimum atomic E-state index is -1.16. The highest BCUT2D eigenvalue weighted by Gasteiger charge is 2.33. The van der Waals surface area contributed by atoms with Crippen LogP contribution in [0.1, 0.15) is 30.6 Å². The van der Waals surface area contributed by atoms with E-state index in [1.165, 1.54) is 18.2 Å². The molecule has 0 radical (unpaired) electrons. The van der Waals surface area contributed by atoms with E-state index in [4.69, 9.17) is 4.74 Å². The van der Waals surface area contributed by atoms with Crippen LogP contribution in [0, 0.1) is 10.1 Å². The number of nitrogens with zero attached hydrogens (tertiary/aromatic N) is 2. The fourth-order valence-corrected chi connectivity index (χ4v) is 2.61. The average molecular weight is 294 g/mol. The Morgan fingerprint density at radius 2 is 2.29 bits per heavy atom. The van der Waals surface area contributed by atoms with Crippen LogP contribution >= 0.6 is 0 Å². The van der Waals surface area contributed by atoms with Crippen LogP contribution in [0.4, 0.5) is 11.4 Å². The number of ether oxygens (including phenoxy) is 1. The lowest BCUT2D eigenvalue weighted by Crippen LogP contribution is -2.49. The molecule has 0 saturated carbocycles. The highest BCUT2D eigenvalue weighted by molar-refractivity contribution is 5.97. The van der Waals surface area contributed by atoms with Crippen molar-refractivity contribution >= 4 is 17.3 Å². The van der Waals surface area contributed by atoms with Crippen LogP contribution in [0.5, 0.6) is 0 Å². The number of carboxylic acid groups (broad SMARTS) is 1. The van der Waals surface area contributed by atoms with E-state index in [0.29, 0.717) is 13.2 Å².